The van der Waals surface area contributed by atoms with E-state index in [2.05, 4.69) is 23.0 Å². The van der Waals surface area contributed by atoms with Gasteiger partial charge in [-0.1, -0.05) is 31.2 Å². The zero-order chi connectivity index (χ0) is 18.1. The van der Waals surface area contributed by atoms with E-state index in [4.69, 9.17) is 5.11 Å². The summed E-state index contributed by atoms with van der Waals surface area (Å²) < 4.78 is 25.7. The van der Waals surface area contributed by atoms with Crippen LogP contribution in [-0.4, -0.2) is 31.8 Å². The largest absolute Gasteiger partial charge is 0.481 e. The van der Waals surface area contributed by atoms with Crippen LogP contribution in [0.25, 0.3) is 0 Å². The molecule has 0 aliphatic heterocycles. The molecule has 5 nitrogen and oxygen atoms in total. The van der Waals surface area contributed by atoms with E-state index in [1.165, 1.54) is 6.42 Å². The Morgan fingerprint density at radius 2 is 2.04 bits per heavy atom. The van der Waals surface area contributed by atoms with E-state index < -0.39 is 21.4 Å². The van der Waals surface area contributed by atoms with E-state index in [1.807, 2.05) is 13.0 Å². The van der Waals surface area contributed by atoms with Gasteiger partial charge in [0.2, 0.25) is 10.0 Å². The van der Waals surface area contributed by atoms with Crippen molar-refractivity contribution in [3.8, 4) is 0 Å². The molecular formula is C19H29NO4S. The number of carboxylic acids is 1. The standard InChI is InChI=1S/C11H19NO2S.C8H10O2/c1-2-5-15(13,14)12-8-11-7-9-3-4-10(11)6-9;9-7(10)8-3-1-6(5-8)2-4-8/h3-4,9-12H,2,5-8H2,1H3;1,3,6H,2,4-5H2,(H,9,10). The lowest BCUT2D eigenvalue weighted by Crippen LogP contribution is -2.32. The molecule has 4 bridgehead atoms. The van der Waals surface area contributed by atoms with Gasteiger partial charge in [-0.15, -0.1) is 0 Å². The molecule has 140 valence electrons. The van der Waals surface area contributed by atoms with Crippen LogP contribution in [-0.2, 0) is 14.8 Å². The lowest BCUT2D eigenvalue weighted by atomic mass is 9.88. The van der Waals surface area contributed by atoms with Crippen LogP contribution in [0.15, 0.2) is 24.3 Å². The maximum absolute atomic E-state index is 11.5. The summed E-state index contributed by atoms with van der Waals surface area (Å²) in [6.45, 7) is 2.52. The van der Waals surface area contributed by atoms with E-state index in [0.29, 0.717) is 30.7 Å². The zero-order valence-corrected chi connectivity index (χ0v) is 15.7. The summed E-state index contributed by atoms with van der Waals surface area (Å²) in [5.41, 5.74) is -0.454. The topological polar surface area (TPSA) is 83.5 Å². The van der Waals surface area contributed by atoms with Gasteiger partial charge in [-0.3, -0.25) is 4.79 Å². The molecule has 2 N–H and O–H groups in total. The maximum Gasteiger partial charge on any atom is 0.313 e. The number of fused-ring (bicyclic) bond motifs is 4. The summed E-state index contributed by atoms with van der Waals surface area (Å²) >= 11 is 0. The van der Waals surface area contributed by atoms with E-state index >= 15 is 0 Å². The quantitative estimate of drug-likeness (QED) is 0.707. The Balaban J connectivity index is 0.000000157. The maximum atomic E-state index is 11.5. The van der Waals surface area contributed by atoms with Crippen LogP contribution in [0.5, 0.6) is 0 Å². The fraction of sp³-hybridized carbons (Fsp3) is 0.737. The Labute approximate surface area is 150 Å². The van der Waals surface area contributed by atoms with Crippen molar-refractivity contribution in [2.24, 2.45) is 29.1 Å². The highest BCUT2D eigenvalue weighted by molar-refractivity contribution is 7.89. The lowest BCUT2D eigenvalue weighted by molar-refractivity contribution is -0.145. The predicted molar refractivity (Wildman–Crippen MR) is 97.5 cm³/mol. The molecule has 6 heteroatoms. The van der Waals surface area contributed by atoms with Gasteiger partial charge in [0.1, 0.15) is 0 Å². The van der Waals surface area contributed by atoms with E-state index in [9.17, 15) is 13.2 Å². The Hall–Kier alpha value is -1.14. The number of sulfonamides is 1. The number of hydrogen-bond acceptors (Lipinski definition) is 3. The first-order valence-electron chi connectivity index (χ1n) is 9.42. The molecule has 0 aromatic rings. The van der Waals surface area contributed by atoms with Crippen molar-refractivity contribution in [1.29, 1.82) is 0 Å². The third kappa shape index (κ3) is 4.17. The molecule has 0 aromatic heterocycles. The second-order valence-corrected chi connectivity index (χ2v) is 9.96. The minimum absolute atomic E-state index is 0.254. The molecule has 4 rings (SSSR count). The Kier molecular flexibility index (Phi) is 5.40. The minimum Gasteiger partial charge on any atom is -0.481 e. The van der Waals surface area contributed by atoms with Crippen molar-refractivity contribution in [3.63, 3.8) is 0 Å². The summed E-state index contributed by atoms with van der Waals surface area (Å²) in [6, 6.07) is 0. The summed E-state index contributed by atoms with van der Waals surface area (Å²) in [5.74, 6) is 2.06. The van der Waals surface area contributed by atoms with Gasteiger partial charge in [0, 0.05) is 6.54 Å². The highest BCUT2D eigenvalue weighted by Crippen LogP contribution is 2.49. The van der Waals surface area contributed by atoms with Crippen molar-refractivity contribution in [2.45, 2.75) is 45.4 Å². The number of allylic oxidation sites excluding steroid dienone is 3. The molecule has 0 radical (unpaired) electrons. The van der Waals surface area contributed by atoms with Gasteiger partial charge in [-0.05, 0) is 62.2 Å². The van der Waals surface area contributed by atoms with Crippen LogP contribution in [0, 0.1) is 29.1 Å². The summed E-state index contributed by atoms with van der Waals surface area (Å²) in [4.78, 5) is 10.7. The van der Waals surface area contributed by atoms with Crippen molar-refractivity contribution < 1.29 is 18.3 Å². The number of rotatable bonds is 6. The second kappa shape index (κ2) is 7.23. The van der Waals surface area contributed by atoms with Crippen LogP contribution < -0.4 is 4.72 Å². The van der Waals surface area contributed by atoms with E-state index in [1.54, 1.807) is 0 Å². The second-order valence-electron chi connectivity index (χ2n) is 8.03. The Morgan fingerprint density at radius 1 is 1.24 bits per heavy atom. The molecule has 5 unspecified atom stereocenters. The molecule has 4 aliphatic carbocycles. The summed E-state index contributed by atoms with van der Waals surface area (Å²) in [6.07, 6.45) is 14.3. The highest BCUT2D eigenvalue weighted by atomic mass is 32.2. The Bertz CT molecular complexity index is 669. The third-order valence-corrected chi connectivity index (χ3v) is 7.71. The van der Waals surface area contributed by atoms with Crippen LogP contribution in [0.4, 0.5) is 0 Å². The number of nitrogens with one attached hydrogen (secondary N) is 1. The number of carboxylic acid groups (broad SMARTS) is 1. The van der Waals surface area contributed by atoms with Crippen LogP contribution >= 0.6 is 0 Å². The van der Waals surface area contributed by atoms with Crippen molar-refractivity contribution in [2.75, 3.05) is 12.3 Å². The molecule has 2 saturated carbocycles. The highest BCUT2D eigenvalue weighted by Gasteiger charge is 2.46. The van der Waals surface area contributed by atoms with Crippen LogP contribution in [0.1, 0.15) is 45.4 Å². The zero-order valence-electron chi connectivity index (χ0n) is 14.9. The number of carbonyl (C=O) groups is 1. The SMILES string of the molecule is CCCS(=O)(=O)NCC1CC2C=CC1C2.O=C(O)C12C=CC(CC1)C2. The normalized spacial score (nSPS) is 37.3. The van der Waals surface area contributed by atoms with Gasteiger partial charge >= 0.3 is 5.97 Å². The first-order chi connectivity index (χ1) is 11.8. The summed E-state index contributed by atoms with van der Waals surface area (Å²) in [7, 11) is -3.01. The molecule has 2 fully saturated rings. The monoisotopic (exact) mass is 367 g/mol. The van der Waals surface area contributed by atoms with E-state index in [0.717, 1.165) is 31.6 Å². The van der Waals surface area contributed by atoms with Gasteiger partial charge in [-0.2, -0.15) is 0 Å². The van der Waals surface area contributed by atoms with Crippen molar-refractivity contribution >= 4 is 16.0 Å². The molecule has 0 amide bonds. The average Bonchev–Trinajstić information content (AvgIpc) is 3.34. The Morgan fingerprint density at radius 3 is 2.44 bits per heavy atom. The average molecular weight is 368 g/mol. The minimum atomic E-state index is -3.01. The number of hydrogen-bond donors (Lipinski definition) is 2. The molecule has 0 heterocycles. The first kappa shape index (κ1) is 18.6. The van der Waals surface area contributed by atoms with Gasteiger partial charge in [0.15, 0.2) is 0 Å². The van der Waals surface area contributed by atoms with Gasteiger partial charge in [0.05, 0.1) is 11.2 Å². The molecule has 0 spiro atoms. The van der Waals surface area contributed by atoms with Gasteiger partial charge in [0.25, 0.3) is 0 Å². The summed E-state index contributed by atoms with van der Waals surface area (Å²) in [5, 5.41) is 8.84. The van der Waals surface area contributed by atoms with Gasteiger partial charge < -0.3 is 5.11 Å². The molecule has 25 heavy (non-hydrogen) atoms. The first-order valence-corrected chi connectivity index (χ1v) is 11.1. The molecular weight excluding hydrogens is 338 g/mol. The van der Waals surface area contributed by atoms with Crippen LogP contribution in [0.3, 0.4) is 0 Å². The predicted octanol–water partition coefficient (Wildman–Crippen LogP) is 2.96. The smallest absolute Gasteiger partial charge is 0.313 e. The molecule has 5 atom stereocenters. The fourth-order valence-electron chi connectivity index (χ4n) is 4.72. The third-order valence-electron chi connectivity index (χ3n) is 6.16. The molecule has 4 aliphatic rings. The number of aliphatic carboxylic acids is 1. The molecule has 0 saturated heterocycles. The van der Waals surface area contributed by atoms with Crippen molar-refractivity contribution in [1.82, 2.24) is 4.72 Å². The van der Waals surface area contributed by atoms with Crippen molar-refractivity contribution in [3.05, 3.63) is 24.3 Å². The van der Waals surface area contributed by atoms with E-state index in [-0.39, 0.29) is 5.75 Å². The molecule has 0 aromatic carbocycles. The van der Waals surface area contributed by atoms with Gasteiger partial charge in [-0.25, -0.2) is 13.1 Å². The fourth-order valence-corrected chi connectivity index (χ4v) is 5.87. The lowest BCUT2D eigenvalue weighted by Gasteiger charge is -2.18. The van der Waals surface area contributed by atoms with Crippen LogP contribution in [0.2, 0.25) is 0 Å².